The Morgan fingerprint density at radius 3 is 3.08 bits per heavy atom. The Morgan fingerprint density at radius 1 is 1.50 bits per heavy atom. The topological polar surface area (TPSA) is 35.3 Å². The van der Waals surface area contributed by atoms with Crippen molar-refractivity contribution >= 4 is 11.1 Å². The van der Waals surface area contributed by atoms with Crippen LogP contribution in [0.1, 0.15) is 5.89 Å². The molecule has 0 saturated heterocycles. The zero-order valence-electron chi connectivity index (χ0n) is 6.70. The number of nitrogens with zero attached hydrogens (tertiary/aromatic N) is 1. The van der Waals surface area contributed by atoms with Gasteiger partial charge in [0, 0.05) is 13.0 Å². The van der Waals surface area contributed by atoms with Gasteiger partial charge >= 0.3 is 0 Å². The van der Waals surface area contributed by atoms with Crippen LogP contribution >= 0.6 is 0 Å². The van der Waals surface area contributed by atoms with E-state index in [4.69, 9.17) is 9.15 Å². The Kier molecular flexibility index (Phi) is 1.50. The van der Waals surface area contributed by atoms with Crippen LogP contribution in [0.25, 0.3) is 11.1 Å². The van der Waals surface area contributed by atoms with E-state index >= 15 is 0 Å². The number of hydrogen-bond acceptors (Lipinski definition) is 3. The fourth-order valence-corrected chi connectivity index (χ4v) is 1.08. The van der Waals surface area contributed by atoms with Crippen molar-refractivity contribution in [2.45, 2.75) is 0 Å². The molecular weight excluding hydrogens is 154 g/mol. The lowest BCUT2D eigenvalue weighted by Crippen LogP contribution is -1.80. The van der Waals surface area contributed by atoms with E-state index in [1.807, 2.05) is 18.2 Å². The molecule has 0 fully saturated rings. The SMILES string of the molecule is [CH2]c1nc2cc(OC)ccc2o1. The molecule has 0 N–H and O–H groups in total. The minimum Gasteiger partial charge on any atom is -0.497 e. The summed E-state index contributed by atoms with van der Waals surface area (Å²) in [4.78, 5) is 4.06. The predicted molar refractivity (Wildman–Crippen MR) is 45.0 cm³/mol. The quantitative estimate of drug-likeness (QED) is 0.643. The van der Waals surface area contributed by atoms with Gasteiger partial charge < -0.3 is 9.15 Å². The largest absolute Gasteiger partial charge is 0.497 e. The number of rotatable bonds is 1. The Morgan fingerprint density at radius 2 is 2.33 bits per heavy atom. The monoisotopic (exact) mass is 162 g/mol. The molecule has 0 amide bonds. The smallest absolute Gasteiger partial charge is 0.195 e. The van der Waals surface area contributed by atoms with Crippen LogP contribution in [0.3, 0.4) is 0 Å². The fourth-order valence-electron chi connectivity index (χ4n) is 1.08. The van der Waals surface area contributed by atoms with Gasteiger partial charge in [0.1, 0.15) is 11.3 Å². The summed E-state index contributed by atoms with van der Waals surface area (Å²) in [6, 6.07) is 5.45. The molecule has 3 heteroatoms. The van der Waals surface area contributed by atoms with Gasteiger partial charge in [-0.1, -0.05) is 0 Å². The summed E-state index contributed by atoms with van der Waals surface area (Å²) in [5, 5.41) is 0. The van der Waals surface area contributed by atoms with Gasteiger partial charge in [-0.15, -0.1) is 0 Å². The average molecular weight is 162 g/mol. The minimum absolute atomic E-state index is 0.429. The van der Waals surface area contributed by atoms with Crippen LogP contribution in [-0.2, 0) is 0 Å². The lowest BCUT2D eigenvalue weighted by molar-refractivity contribution is 0.415. The van der Waals surface area contributed by atoms with Gasteiger partial charge in [0.25, 0.3) is 0 Å². The number of hydrogen-bond donors (Lipinski definition) is 0. The van der Waals surface area contributed by atoms with Gasteiger partial charge in [-0.25, -0.2) is 4.98 Å². The molecule has 12 heavy (non-hydrogen) atoms. The van der Waals surface area contributed by atoms with Crippen LogP contribution in [0, 0.1) is 6.92 Å². The van der Waals surface area contributed by atoms with E-state index in [0.29, 0.717) is 5.89 Å². The molecule has 0 aliphatic rings. The standard InChI is InChI=1S/C9H8NO2/c1-6-10-8-5-7(11-2)3-4-9(8)12-6/h3-5H,1H2,2H3. The summed E-state index contributed by atoms with van der Waals surface area (Å²) in [5.74, 6) is 1.20. The van der Waals surface area contributed by atoms with E-state index in [1.165, 1.54) is 0 Å². The third-order valence-electron chi connectivity index (χ3n) is 1.64. The zero-order valence-corrected chi connectivity index (χ0v) is 6.70. The number of aromatic nitrogens is 1. The van der Waals surface area contributed by atoms with E-state index < -0.39 is 0 Å². The molecule has 1 aromatic heterocycles. The van der Waals surface area contributed by atoms with Crippen molar-refractivity contribution < 1.29 is 9.15 Å². The Balaban J connectivity index is 2.66. The summed E-state index contributed by atoms with van der Waals surface area (Å²) >= 11 is 0. The summed E-state index contributed by atoms with van der Waals surface area (Å²) in [5.41, 5.74) is 1.51. The van der Waals surface area contributed by atoms with Crippen LogP contribution in [0.2, 0.25) is 0 Å². The van der Waals surface area contributed by atoms with Crippen molar-refractivity contribution in [1.29, 1.82) is 0 Å². The molecule has 2 rings (SSSR count). The van der Waals surface area contributed by atoms with E-state index in [2.05, 4.69) is 11.9 Å². The Hall–Kier alpha value is -1.51. The third kappa shape index (κ3) is 1.03. The maximum atomic E-state index is 5.19. The van der Waals surface area contributed by atoms with Gasteiger partial charge in [-0.3, -0.25) is 0 Å². The highest BCUT2D eigenvalue weighted by molar-refractivity contribution is 5.74. The van der Waals surface area contributed by atoms with Gasteiger partial charge in [0.15, 0.2) is 11.5 Å². The average Bonchev–Trinajstić information content (AvgIpc) is 2.43. The highest BCUT2D eigenvalue weighted by Crippen LogP contribution is 2.20. The molecule has 1 heterocycles. The van der Waals surface area contributed by atoms with E-state index in [0.717, 1.165) is 16.8 Å². The van der Waals surface area contributed by atoms with Gasteiger partial charge in [-0.05, 0) is 12.1 Å². The van der Waals surface area contributed by atoms with Gasteiger partial charge in [0.05, 0.1) is 7.11 Å². The van der Waals surface area contributed by atoms with Crippen molar-refractivity contribution in [3.05, 3.63) is 31.0 Å². The Labute approximate surface area is 70.0 Å². The molecule has 2 aromatic rings. The third-order valence-corrected chi connectivity index (χ3v) is 1.64. The highest BCUT2D eigenvalue weighted by atomic mass is 16.5. The van der Waals surface area contributed by atoms with Crippen molar-refractivity contribution in [2.75, 3.05) is 7.11 Å². The van der Waals surface area contributed by atoms with Crippen molar-refractivity contribution in [3.8, 4) is 5.75 Å². The van der Waals surface area contributed by atoms with Gasteiger partial charge in [-0.2, -0.15) is 0 Å². The molecule has 3 nitrogen and oxygen atoms in total. The summed E-state index contributed by atoms with van der Waals surface area (Å²) in [6.07, 6.45) is 0. The molecule has 0 aliphatic carbocycles. The number of benzene rings is 1. The molecule has 0 spiro atoms. The summed E-state index contributed by atoms with van der Waals surface area (Å²) in [7, 11) is 1.62. The molecular formula is C9H8NO2. The number of methoxy groups -OCH3 is 1. The van der Waals surface area contributed by atoms with Crippen LogP contribution in [0.5, 0.6) is 5.75 Å². The van der Waals surface area contributed by atoms with Crippen LogP contribution in [0.15, 0.2) is 22.6 Å². The van der Waals surface area contributed by atoms with E-state index in [9.17, 15) is 0 Å². The number of oxazole rings is 1. The molecule has 0 unspecified atom stereocenters. The molecule has 0 bridgehead atoms. The molecule has 1 radical (unpaired) electrons. The maximum Gasteiger partial charge on any atom is 0.195 e. The molecule has 0 atom stereocenters. The lowest BCUT2D eigenvalue weighted by atomic mass is 10.3. The summed E-state index contributed by atoms with van der Waals surface area (Å²) in [6.45, 7) is 3.59. The predicted octanol–water partition coefficient (Wildman–Crippen LogP) is 2.02. The fraction of sp³-hybridized carbons (Fsp3) is 0.111. The second kappa shape index (κ2) is 2.52. The number of fused-ring (bicyclic) bond motifs is 1. The molecule has 61 valence electrons. The Bertz CT molecular complexity index is 406. The van der Waals surface area contributed by atoms with Crippen LogP contribution in [0.4, 0.5) is 0 Å². The maximum absolute atomic E-state index is 5.19. The number of ether oxygens (including phenoxy) is 1. The second-order valence-electron chi connectivity index (χ2n) is 2.44. The van der Waals surface area contributed by atoms with Crippen molar-refractivity contribution in [2.24, 2.45) is 0 Å². The van der Waals surface area contributed by atoms with E-state index in [-0.39, 0.29) is 0 Å². The zero-order chi connectivity index (χ0) is 8.55. The highest BCUT2D eigenvalue weighted by Gasteiger charge is 2.02. The first kappa shape index (κ1) is 7.16. The first-order valence-electron chi connectivity index (χ1n) is 3.56. The normalized spacial score (nSPS) is 10.5. The second-order valence-corrected chi connectivity index (χ2v) is 2.44. The minimum atomic E-state index is 0.429. The van der Waals surface area contributed by atoms with Crippen molar-refractivity contribution in [3.63, 3.8) is 0 Å². The van der Waals surface area contributed by atoms with Crippen LogP contribution < -0.4 is 4.74 Å². The molecule has 0 saturated carbocycles. The first-order chi connectivity index (χ1) is 5.79. The van der Waals surface area contributed by atoms with Crippen molar-refractivity contribution in [1.82, 2.24) is 4.98 Å². The molecule has 0 aliphatic heterocycles. The van der Waals surface area contributed by atoms with Crippen LogP contribution in [-0.4, -0.2) is 12.1 Å². The summed E-state index contributed by atoms with van der Waals surface area (Å²) < 4.78 is 10.2. The van der Waals surface area contributed by atoms with E-state index in [1.54, 1.807) is 7.11 Å². The lowest BCUT2D eigenvalue weighted by Gasteiger charge is -1.95. The molecule has 1 aromatic carbocycles. The van der Waals surface area contributed by atoms with Gasteiger partial charge in [0.2, 0.25) is 0 Å². The first-order valence-corrected chi connectivity index (χ1v) is 3.56.